The average Bonchev–Trinajstić information content (AvgIpc) is 2.98. The van der Waals surface area contributed by atoms with E-state index in [1.165, 1.54) is 11.0 Å². The van der Waals surface area contributed by atoms with Crippen molar-refractivity contribution >= 4 is 50.7 Å². The molecule has 0 aromatic heterocycles. The predicted octanol–water partition coefficient (Wildman–Crippen LogP) is 5.09. The normalized spacial score (nSPS) is 14.0. The number of fused-ring (bicyclic) bond motifs is 1. The number of rotatable bonds is 12. The molecule has 9 nitrogen and oxygen atoms in total. The fraction of sp³-hybridized carbons (Fsp3) is 0.355. The second kappa shape index (κ2) is 14.3. The molecule has 1 aliphatic heterocycles. The quantitative estimate of drug-likeness (QED) is 0.294. The molecule has 0 unspecified atom stereocenters. The molecule has 0 spiro atoms. The Kier molecular flexibility index (Phi) is 10.8. The van der Waals surface area contributed by atoms with E-state index in [-0.39, 0.29) is 30.6 Å². The molecule has 2 amide bonds. The van der Waals surface area contributed by atoms with Crippen molar-refractivity contribution in [2.75, 3.05) is 30.3 Å². The number of amides is 2. The minimum atomic E-state index is -3.94. The molecule has 0 radical (unpaired) electrons. The number of hydrogen-bond acceptors (Lipinski definition) is 6. The summed E-state index contributed by atoms with van der Waals surface area (Å²) in [6.07, 6.45) is 1.91. The highest BCUT2D eigenvalue weighted by molar-refractivity contribution is 7.92. The number of nitrogens with zero attached hydrogens (tertiary/aromatic N) is 2. The van der Waals surface area contributed by atoms with Gasteiger partial charge >= 0.3 is 0 Å². The second-order valence-corrected chi connectivity index (χ2v) is 13.1. The van der Waals surface area contributed by atoms with Crippen LogP contribution in [0.3, 0.4) is 0 Å². The summed E-state index contributed by atoms with van der Waals surface area (Å²) < 4.78 is 38.3. The van der Waals surface area contributed by atoms with Crippen molar-refractivity contribution in [3.8, 4) is 11.5 Å². The maximum absolute atomic E-state index is 14.3. The van der Waals surface area contributed by atoms with Crippen LogP contribution >= 0.6 is 23.2 Å². The third-order valence-electron chi connectivity index (χ3n) is 7.12. The van der Waals surface area contributed by atoms with Gasteiger partial charge in [0.1, 0.15) is 25.8 Å². The van der Waals surface area contributed by atoms with Gasteiger partial charge in [-0.25, -0.2) is 8.42 Å². The second-order valence-electron chi connectivity index (χ2n) is 10.4. The molecule has 2 atom stereocenters. The van der Waals surface area contributed by atoms with Gasteiger partial charge < -0.3 is 19.7 Å². The lowest BCUT2D eigenvalue weighted by atomic mass is 10.0. The number of nitrogens with one attached hydrogen (secondary N) is 1. The van der Waals surface area contributed by atoms with E-state index in [4.69, 9.17) is 32.7 Å². The highest BCUT2D eigenvalue weighted by Gasteiger charge is 2.34. The largest absolute Gasteiger partial charge is 0.486 e. The summed E-state index contributed by atoms with van der Waals surface area (Å²) >= 11 is 12.6. The first kappa shape index (κ1) is 32.4. The van der Waals surface area contributed by atoms with Crippen molar-refractivity contribution in [1.82, 2.24) is 10.2 Å². The van der Waals surface area contributed by atoms with Gasteiger partial charge in [-0.3, -0.25) is 13.9 Å². The summed E-state index contributed by atoms with van der Waals surface area (Å²) in [6, 6.07) is 17.8. The molecule has 12 heteroatoms. The molecule has 230 valence electrons. The molecule has 0 saturated heterocycles. The summed E-state index contributed by atoms with van der Waals surface area (Å²) in [5.41, 5.74) is 1.62. The number of carbonyl (C=O) groups excluding carboxylic acids is 2. The van der Waals surface area contributed by atoms with Crippen LogP contribution in [0.5, 0.6) is 11.5 Å². The average molecular weight is 649 g/mol. The van der Waals surface area contributed by atoms with Gasteiger partial charge in [-0.15, -0.1) is 0 Å². The van der Waals surface area contributed by atoms with Crippen LogP contribution in [0.1, 0.15) is 31.4 Å². The summed E-state index contributed by atoms with van der Waals surface area (Å²) in [4.78, 5) is 29.4. The van der Waals surface area contributed by atoms with E-state index in [1.54, 1.807) is 30.3 Å². The minimum absolute atomic E-state index is 0.0565. The van der Waals surface area contributed by atoms with Gasteiger partial charge in [0.25, 0.3) is 0 Å². The monoisotopic (exact) mass is 647 g/mol. The van der Waals surface area contributed by atoms with Crippen LogP contribution in [0.2, 0.25) is 10.0 Å². The Hall–Kier alpha value is -3.47. The van der Waals surface area contributed by atoms with Crippen LogP contribution in [0, 0.1) is 0 Å². The molecular weight excluding hydrogens is 613 g/mol. The molecule has 1 heterocycles. The van der Waals surface area contributed by atoms with Crippen molar-refractivity contribution in [2.24, 2.45) is 0 Å². The standard InChI is InChI=1S/C31H35Cl2N3O6S/c1-4-21(2)34-31(38)27(16-22-8-6-5-7-9-22)35(19-23-10-11-24(32)17-26(23)33)30(37)20-36(43(3,39)40)25-12-13-28-29(18-25)42-15-14-41-28/h5-13,17-18,21,27H,4,14-16,19-20H2,1-3H3,(H,34,38)/t21-,27+/m1/s1. The van der Waals surface area contributed by atoms with Crippen LogP contribution in [-0.2, 0) is 32.6 Å². The topological polar surface area (TPSA) is 105 Å². The molecule has 0 bridgehead atoms. The number of benzene rings is 3. The molecule has 1 N–H and O–H groups in total. The molecule has 43 heavy (non-hydrogen) atoms. The Morgan fingerprint density at radius 3 is 2.33 bits per heavy atom. The summed E-state index contributed by atoms with van der Waals surface area (Å²) in [5, 5.41) is 3.73. The van der Waals surface area contributed by atoms with Crippen LogP contribution in [0.15, 0.2) is 66.7 Å². The summed E-state index contributed by atoms with van der Waals surface area (Å²) in [5.74, 6) is -0.0867. The zero-order valence-electron chi connectivity index (χ0n) is 24.3. The minimum Gasteiger partial charge on any atom is -0.486 e. The van der Waals surface area contributed by atoms with E-state index in [2.05, 4.69) is 5.32 Å². The van der Waals surface area contributed by atoms with E-state index in [9.17, 15) is 18.0 Å². The van der Waals surface area contributed by atoms with Crippen LogP contribution in [-0.4, -0.2) is 63.2 Å². The predicted molar refractivity (Wildman–Crippen MR) is 168 cm³/mol. The van der Waals surface area contributed by atoms with Crippen molar-refractivity contribution in [3.63, 3.8) is 0 Å². The molecule has 0 aliphatic carbocycles. The highest BCUT2D eigenvalue weighted by atomic mass is 35.5. The molecule has 3 aromatic carbocycles. The maximum atomic E-state index is 14.3. The van der Waals surface area contributed by atoms with E-state index >= 15 is 0 Å². The number of hydrogen-bond donors (Lipinski definition) is 1. The Morgan fingerprint density at radius 1 is 0.977 bits per heavy atom. The van der Waals surface area contributed by atoms with Gasteiger partial charge in [-0.2, -0.15) is 0 Å². The fourth-order valence-electron chi connectivity index (χ4n) is 4.63. The van der Waals surface area contributed by atoms with E-state index in [0.29, 0.717) is 46.7 Å². The number of carbonyl (C=O) groups is 2. The number of anilines is 1. The molecule has 4 rings (SSSR count). The van der Waals surface area contributed by atoms with Crippen LogP contribution < -0.4 is 19.1 Å². The Bertz CT molecular complexity index is 1550. The van der Waals surface area contributed by atoms with Gasteiger partial charge in [-0.1, -0.05) is 66.5 Å². The van der Waals surface area contributed by atoms with Crippen molar-refractivity contribution in [1.29, 1.82) is 0 Å². The molecule has 0 saturated carbocycles. The first-order chi connectivity index (χ1) is 20.5. The van der Waals surface area contributed by atoms with Crippen molar-refractivity contribution in [2.45, 2.75) is 45.3 Å². The number of halogens is 2. The lowest BCUT2D eigenvalue weighted by Crippen LogP contribution is -2.54. The first-order valence-electron chi connectivity index (χ1n) is 13.9. The lowest BCUT2D eigenvalue weighted by Gasteiger charge is -2.34. The van der Waals surface area contributed by atoms with Gasteiger partial charge in [0.15, 0.2) is 11.5 Å². The van der Waals surface area contributed by atoms with E-state index < -0.39 is 28.5 Å². The Labute approximate surface area is 262 Å². The zero-order valence-corrected chi connectivity index (χ0v) is 26.6. The third-order valence-corrected chi connectivity index (χ3v) is 8.85. The van der Waals surface area contributed by atoms with Gasteiger partial charge in [0.05, 0.1) is 11.9 Å². The van der Waals surface area contributed by atoms with Crippen molar-refractivity contribution < 1.29 is 27.5 Å². The number of ether oxygens (including phenoxy) is 2. The Balaban J connectivity index is 1.75. The number of sulfonamides is 1. The van der Waals surface area contributed by atoms with E-state index in [1.807, 2.05) is 44.2 Å². The van der Waals surface area contributed by atoms with Gasteiger partial charge in [0.2, 0.25) is 21.8 Å². The smallest absolute Gasteiger partial charge is 0.244 e. The first-order valence-corrected chi connectivity index (χ1v) is 16.5. The van der Waals surface area contributed by atoms with Gasteiger partial charge in [-0.05, 0) is 48.7 Å². The third kappa shape index (κ3) is 8.55. The van der Waals surface area contributed by atoms with Crippen LogP contribution in [0.25, 0.3) is 0 Å². The Morgan fingerprint density at radius 2 is 1.67 bits per heavy atom. The van der Waals surface area contributed by atoms with E-state index in [0.717, 1.165) is 16.1 Å². The molecule has 1 aliphatic rings. The maximum Gasteiger partial charge on any atom is 0.244 e. The fourth-order valence-corrected chi connectivity index (χ4v) is 5.94. The zero-order chi connectivity index (χ0) is 31.1. The lowest BCUT2D eigenvalue weighted by molar-refractivity contribution is -0.140. The summed E-state index contributed by atoms with van der Waals surface area (Å²) in [6.45, 7) is 3.91. The SMILES string of the molecule is CC[C@@H](C)NC(=O)[C@H](Cc1ccccc1)N(Cc1ccc(Cl)cc1Cl)C(=O)CN(c1ccc2c(c1)OCCO2)S(C)(=O)=O. The van der Waals surface area contributed by atoms with Gasteiger partial charge in [0, 0.05) is 35.1 Å². The highest BCUT2D eigenvalue weighted by Crippen LogP contribution is 2.35. The summed E-state index contributed by atoms with van der Waals surface area (Å²) in [7, 11) is -3.94. The van der Waals surface area contributed by atoms with Crippen LogP contribution in [0.4, 0.5) is 5.69 Å². The molecule has 0 fully saturated rings. The van der Waals surface area contributed by atoms with Crippen molar-refractivity contribution in [3.05, 3.63) is 87.9 Å². The molecular formula is C31H35Cl2N3O6S. The molecule has 3 aromatic rings.